The Hall–Kier alpha value is -5.39. The lowest BCUT2D eigenvalue weighted by Gasteiger charge is -2.18. The van der Waals surface area contributed by atoms with Crippen LogP contribution in [0.4, 0.5) is 11.4 Å². The highest BCUT2D eigenvalue weighted by Gasteiger charge is 2.28. The lowest BCUT2D eigenvalue weighted by molar-refractivity contribution is -0.121. The Morgan fingerprint density at radius 1 is 0.684 bits per heavy atom. The highest BCUT2D eigenvalue weighted by atomic mass is 16.2. The second-order valence-electron chi connectivity index (χ2n) is 17.4. The van der Waals surface area contributed by atoms with E-state index in [4.69, 9.17) is 25.3 Å². The van der Waals surface area contributed by atoms with Crippen molar-refractivity contribution in [1.82, 2.24) is 39.6 Å². The minimum absolute atomic E-state index is 0.00708. The van der Waals surface area contributed by atoms with Crippen molar-refractivity contribution in [1.29, 1.82) is 0 Å². The first-order valence-corrected chi connectivity index (χ1v) is 20.8. The molecule has 2 atom stereocenters. The number of unbranched alkanes of at least 4 members (excludes halogenated alkanes) is 2. The van der Waals surface area contributed by atoms with Crippen LogP contribution < -0.4 is 15.9 Å². The van der Waals surface area contributed by atoms with E-state index in [0.29, 0.717) is 22.9 Å². The van der Waals surface area contributed by atoms with Gasteiger partial charge in [0.1, 0.15) is 0 Å². The van der Waals surface area contributed by atoms with Gasteiger partial charge in [0.05, 0.1) is 11.4 Å². The minimum atomic E-state index is -0.306. The molecule has 6 rings (SSSR count). The predicted molar refractivity (Wildman–Crippen MR) is 229 cm³/mol. The highest BCUT2D eigenvalue weighted by molar-refractivity contribution is 5.93. The van der Waals surface area contributed by atoms with Crippen molar-refractivity contribution in [2.75, 3.05) is 10.6 Å². The lowest BCUT2D eigenvalue weighted by Crippen LogP contribution is -2.22. The van der Waals surface area contributed by atoms with Crippen molar-refractivity contribution < 1.29 is 9.59 Å². The summed E-state index contributed by atoms with van der Waals surface area (Å²) in [7, 11) is 0. The van der Waals surface area contributed by atoms with Gasteiger partial charge in [-0.1, -0.05) is 94.9 Å². The maximum Gasteiger partial charge on any atom is 0.227 e. The van der Waals surface area contributed by atoms with E-state index in [2.05, 4.69) is 91.0 Å². The zero-order chi connectivity index (χ0) is 41.1. The van der Waals surface area contributed by atoms with E-state index in [1.54, 1.807) is 9.26 Å². The Kier molecular flexibility index (Phi) is 12.3. The first kappa shape index (κ1) is 41.2. The van der Waals surface area contributed by atoms with E-state index in [0.717, 1.165) is 96.0 Å². The van der Waals surface area contributed by atoms with E-state index >= 15 is 0 Å². The van der Waals surface area contributed by atoms with E-state index in [1.165, 1.54) is 0 Å². The van der Waals surface area contributed by atoms with Crippen LogP contribution in [0.5, 0.6) is 0 Å². The third-order valence-corrected chi connectivity index (χ3v) is 10.7. The topological polar surface area (TPSA) is 147 Å². The van der Waals surface area contributed by atoms with Gasteiger partial charge >= 0.3 is 0 Å². The SMILES string of the molecule is CCCCC(CC)C(=O)Nc1ccc(-c2nc3/c(=C\c4c(C(C)(C)C)[nH]n5nc(-c6ccc(NC(=O)C(CC)CCCC)cc6)nc45)c(C(C)(C)C)nn3n2)cc1. The largest absolute Gasteiger partial charge is 0.326 e. The number of aromatic amines is 1. The predicted octanol–water partition coefficient (Wildman–Crippen LogP) is 9.28. The smallest absolute Gasteiger partial charge is 0.227 e. The molecule has 3 N–H and O–H groups in total. The van der Waals surface area contributed by atoms with Crippen molar-refractivity contribution in [2.24, 2.45) is 11.8 Å². The van der Waals surface area contributed by atoms with Gasteiger partial charge in [0.2, 0.25) is 11.8 Å². The molecule has 0 radical (unpaired) electrons. The summed E-state index contributed by atoms with van der Waals surface area (Å²) >= 11 is 0. The first-order chi connectivity index (χ1) is 27.1. The van der Waals surface area contributed by atoms with Crippen LogP contribution in [-0.2, 0) is 20.4 Å². The molecule has 0 saturated heterocycles. The van der Waals surface area contributed by atoms with Gasteiger partial charge in [0, 0.05) is 55.9 Å². The highest BCUT2D eigenvalue weighted by Crippen LogP contribution is 2.31. The average molecular weight is 773 g/mol. The fourth-order valence-electron chi connectivity index (χ4n) is 7.26. The molecule has 302 valence electrons. The molecular weight excluding hydrogens is 713 g/mol. The molecule has 0 spiro atoms. The molecule has 2 unspecified atom stereocenters. The summed E-state index contributed by atoms with van der Waals surface area (Å²) in [5.74, 6) is 1.26. The maximum absolute atomic E-state index is 12.9. The standard InChI is InChI=1S/C45H60N10O2/c1-11-15-17-28(13-3)42(56)46-32-23-19-30(20-24-32)38-48-40-34(36(44(5,6)7)50-54(40)52-38)27-35-37(45(8,9)10)51-55-41(35)49-39(53-55)31-21-25-33(26-22-31)47-43(57)29(14-4)18-16-12-2/h19-29,50H,11-18H2,1-10H3,(H,46,56)(H,47,57)/b35-27-. The van der Waals surface area contributed by atoms with Crippen molar-refractivity contribution in [3.05, 3.63) is 70.7 Å². The van der Waals surface area contributed by atoms with Gasteiger partial charge in [-0.25, -0.2) is 9.97 Å². The molecule has 0 aliphatic heterocycles. The van der Waals surface area contributed by atoms with Crippen molar-refractivity contribution in [3.63, 3.8) is 0 Å². The van der Waals surface area contributed by atoms with Crippen LogP contribution in [0.1, 0.15) is 138 Å². The van der Waals surface area contributed by atoms with Gasteiger partial charge < -0.3 is 10.6 Å². The number of benzene rings is 2. The number of anilines is 2. The molecule has 12 heteroatoms. The van der Waals surface area contributed by atoms with Crippen LogP contribution in [0, 0.1) is 11.8 Å². The molecule has 0 saturated carbocycles. The number of H-pyrrole nitrogens is 1. The van der Waals surface area contributed by atoms with Gasteiger partial charge in [-0.15, -0.1) is 14.8 Å². The normalized spacial score (nSPS) is 13.8. The van der Waals surface area contributed by atoms with Crippen molar-refractivity contribution in [3.8, 4) is 22.8 Å². The second-order valence-corrected chi connectivity index (χ2v) is 17.4. The molecule has 57 heavy (non-hydrogen) atoms. The molecule has 4 heterocycles. The first-order valence-electron chi connectivity index (χ1n) is 20.8. The molecule has 2 aromatic carbocycles. The van der Waals surface area contributed by atoms with Gasteiger partial charge in [-0.2, -0.15) is 9.73 Å². The Bertz CT molecular complexity index is 2370. The van der Waals surface area contributed by atoms with Crippen LogP contribution in [0.3, 0.4) is 0 Å². The minimum Gasteiger partial charge on any atom is -0.326 e. The second kappa shape index (κ2) is 17.0. The zero-order valence-electron chi connectivity index (χ0n) is 35.5. The summed E-state index contributed by atoms with van der Waals surface area (Å²) in [6.07, 6.45) is 9.79. The van der Waals surface area contributed by atoms with E-state index in [1.807, 2.05) is 48.5 Å². The van der Waals surface area contributed by atoms with E-state index in [-0.39, 0.29) is 34.5 Å². The molecule has 0 aliphatic carbocycles. The van der Waals surface area contributed by atoms with Crippen LogP contribution in [-0.4, -0.2) is 51.4 Å². The number of fused-ring (bicyclic) bond motifs is 2. The summed E-state index contributed by atoms with van der Waals surface area (Å²) < 4.78 is 3.36. The third kappa shape index (κ3) is 9.10. The number of carbonyl (C=O) groups is 2. The van der Waals surface area contributed by atoms with Crippen molar-refractivity contribution >= 4 is 40.6 Å². The van der Waals surface area contributed by atoms with Gasteiger partial charge in [0.25, 0.3) is 0 Å². The molecule has 2 amide bonds. The average Bonchev–Trinajstić information content (AvgIpc) is 3.94. The Labute approximate surface area is 336 Å². The number of nitrogens with zero attached hydrogens (tertiary/aromatic N) is 7. The van der Waals surface area contributed by atoms with E-state index < -0.39 is 0 Å². The number of carbonyl (C=O) groups excluding carboxylic acids is 2. The number of hydrogen-bond donors (Lipinski definition) is 3. The molecule has 12 nitrogen and oxygen atoms in total. The van der Waals surface area contributed by atoms with E-state index in [9.17, 15) is 9.59 Å². The fraction of sp³-hybridized carbons (Fsp3) is 0.489. The number of aromatic nitrogens is 8. The number of rotatable bonds is 15. The molecule has 0 fully saturated rings. The fourth-order valence-corrected chi connectivity index (χ4v) is 7.26. The quantitative estimate of drug-likeness (QED) is 0.0943. The van der Waals surface area contributed by atoms with Crippen LogP contribution in [0.25, 0.3) is 40.1 Å². The van der Waals surface area contributed by atoms with Crippen molar-refractivity contribution in [2.45, 2.75) is 131 Å². The summed E-state index contributed by atoms with van der Waals surface area (Å²) in [6.45, 7) is 21.3. The maximum atomic E-state index is 12.9. The molecule has 6 aromatic rings. The van der Waals surface area contributed by atoms with Crippen LogP contribution in [0.15, 0.2) is 48.5 Å². The number of amides is 2. The third-order valence-electron chi connectivity index (χ3n) is 10.7. The van der Waals surface area contributed by atoms with Crippen LogP contribution >= 0.6 is 0 Å². The monoisotopic (exact) mass is 772 g/mol. The summed E-state index contributed by atoms with van der Waals surface area (Å²) in [5, 5.41) is 25.2. The summed E-state index contributed by atoms with van der Waals surface area (Å²) in [5.41, 5.74) is 6.69. The Balaban J connectivity index is 1.34. The Morgan fingerprint density at radius 3 is 1.63 bits per heavy atom. The summed E-state index contributed by atoms with van der Waals surface area (Å²) in [4.78, 5) is 36.0. The molecule has 4 aromatic heterocycles. The summed E-state index contributed by atoms with van der Waals surface area (Å²) in [6, 6.07) is 15.4. The zero-order valence-corrected chi connectivity index (χ0v) is 35.5. The lowest BCUT2D eigenvalue weighted by atomic mass is 9.88. The Morgan fingerprint density at radius 2 is 1.18 bits per heavy atom. The number of hydrogen-bond acceptors (Lipinski definition) is 7. The molecular formula is C45H60N10O2. The number of nitrogens with one attached hydrogen (secondary N) is 3. The van der Waals surface area contributed by atoms with Crippen LogP contribution in [0.2, 0.25) is 0 Å². The van der Waals surface area contributed by atoms with Gasteiger partial charge in [0.15, 0.2) is 22.9 Å². The molecule has 0 aliphatic rings. The van der Waals surface area contributed by atoms with Gasteiger partial charge in [-0.3, -0.25) is 14.7 Å². The molecule has 0 bridgehead atoms. The van der Waals surface area contributed by atoms with Gasteiger partial charge in [-0.05, 0) is 80.3 Å².